The molecular weight excluding hydrogens is 302 g/mol. The predicted molar refractivity (Wildman–Crippen MR) is 91.3 cm³/mol. The molecule has 0 aliphatic carbocycles. The van der Waals surface area contributed by atoms with Crippen LogP contribution < -0.4 is 10.2 Å². The molecular formula is C18H17N5O. The second-order valence-electron chi connectivity index (χ2n) is 5.76. The highest BCUT2D eigenvalue weighted by Crippen LogP contribution is 2.18. The van der Waals surface area contributed by atoms with Crippen molar-refractivity contribution in [3.05, 3.63) is 72.7 Å². The molecule has 1 aliphatic rings. The minimum Gasteiger partial charge on any atom is -0.352 e. The first-order chi connectivity index (χ1) is 11.8. The third-order valence-electron chi connectivity index (χ3n) is 4.07. The van der Waals surface area contributed by atoms with Gasteiger partial charge in [0.2, 0.25) is 0 Å². The standard InChI is InChI=1S/C18H17N5O/c24-18(14-5-3-6-16(11-14)23-10-4-9-20-23)21-15-12-22(13-15)17-7-1-2-8-19-17/h1-11,15H,12-13H2,(H,21,24). The molecule has 3 heterocycles. The Morgan fingerprint density at radius 1 is 1.08 bits per heavy atom. The van der Waals surface area contributed by atoms with Gasteiger partial charge in [-0.25, -0.2) is 9.67 Å². The van der Waals surface area contributed by atoms with Crippen molar-refractivity contribution in [3.8, 4) is 5.69 Å². The Morgan fingerprint density at radius 3 is 2.75 bits per heavy atom. The fraction of sp³-hybridized carbons (Fsp3) is 0.167. The molecule has 0 atom stereocenters. The molecule has 0 bridgehead atoms. The molecule has 6 heteroatoms. The van der Waals surface area contributed by atoms with E-state index in [-0.39, 0.29) is 11.9 Å². The molecule has 1 fully saturated rings. The summed E-state index contributed by atoms with van der Waals surface area (Å²) in [6, 6.07) is 15.3. The first-order valence-electron chi connectivity index (χ1n) is 7.86. The number of nitrogens with one attached hydrogen (secondary N) is 1. The van der Waals surface area contributed by atoms with Gasteiger partial charge in [0, 0.05) is 37.2 Å². The van der Waals surface area contributed by atoms with Crippen molar-refractivity contribution in [3.63, 3.8) is 0 Å². The number of carbonyl (C=O) groups is 1. The lowest BCUT2D eigenvalue weighted by molar-refractivity contribution is 0.0930. The molecule has 120 valence electrons. The first-order valence-corrected chi connectivity index (χ1v) is 7.86. The number of carbonyl (C=O) groups excluding carboxylic acids is 1. The molecule has 0 radical (unpaired) electrons. The van der Waals surface area contributed by atoms with Crippen molar-refractivity contribution in [1.82, 2.24) is 20.1 Å². The van der Waals surface area contributed by atoms with Gasteiger partial charge in [0.25, 0.3) is 5.91 Å². The summed E-state index contributed by atoms with van der Waals surface area (Å²) < 4.78 is 1.74. The normalized spacial score (nSPS) is 14.2. The topological polar surface area (TPSA) is 63.1 Å². The van der Waals surface area contributed by atoms with Crippen LogP contribution >= 0.6 is 0 Å². The quantitative estimate of drug-likeness (QED) is 0.797. The molecule has 6 nitrogen and oxygen atoms in total. The van der Waals surface area contributed by atoms with Crippen molar-refractivity contribution in [2.45, 2.75) is 6.04 Å². The van der Waals surface area contributed by atoms with E-state index in [1.807, 2.05) is 54.7 Å². The second-order valence-corrected chi connectivity index (χ2v) is 5.76. The number of hydrogen-bond acceptors (Lipinski definition) is 4. The van der Waals surface area contributed by atoms with E-state index < -0.39 is 0 Å². The first kappa shape index (κ1) is 14.4. The molecule has 24 heavy (non-hydrogen) atoms. The van der Waals surface area contributed by atoms with E-state index in [0.717, 1.165) is 24.6 Å². The van der Waals surface area contributed by atoms with Crippen LogP contribution in [0.4, 0.5) is 5.82 Å². The SMILES string of the molecule is O=C(NC1CN(c2ccccn2)C1)c1cccc(-n2cccn2)c1. The average molecular weight is 319 g/mol. The maximum Gasteiger partial charge on any atom is 0.251 e. The molecule has 1 aliphatic heterocycles. The van der Waals surface area contributed by atoms with Crippen LogP contribution in [0, 0.1) is 0 Å². The molecule has 0 spiro atoms. The zero-order chi connectivity index (χ0) is 16.4. The number of nitrogens with zero attached hydrogens (tertiary/aromatic N) is 4. The lowest BCUT2D eigenvalue weighted by atomic mass is 10.1. The zero-order valence-corrected chi connectivity index (χ0v) is 13.0. The number of benzene rings is 1. The summed E-state index contributed by atoms with van der Waals surface area (Å²) in [5, 5.41) is 7.26. The van der Waals surface area contributed by atoms with Crippen LogP contribution in [0.3, 0.4) is 0 Å². The molecule has 2 aromatic heterocycles. The van der Waals surface area contributed by atoms with Crippen LogP contribution in [0.25, 0.3) is 5.69 Å². The van der Waals surface area contributed by atoms with Gasteiger partial charge in [-0.2, -0.15) is 5.10 Å². The summed E-state index contributed by atoms with van der Waals surface area (Å²) in [4.78, 5) is 18.9. The van der Waals surface area contributed by atoms with Crippen molar-refractivity contribution in [2.75, 3.05) is 18.0 Å². The Morgan fingerprint density at radius 2 is 2.00 bits per heavy atom. The lowest BCUT2D eigenvalue weighted by Gasteiger charge is -2.40. The number of pyridine rings is 1. The molecule has 3 aromatic rings. The molecule has 1 saturated heterocycles. The van der Waals surface area contributed by atoms with Crippen molar-refractivity contribution in [2.24, 2.45) is 0 Å². The van der Waals surface area contributed by atoms with E-state index in [1.54, 1.807) is 17.1 Å². The van der Waals surface area contributed by atoms with E-state index in [0.29, 0.717) is 5.56 Å². The van der Waals surface area contributed by atoms with Gasteiger partial charge < -0.3 is 10.2 Å². The summed E-state index contributed by atoms with van der Waals surface area (Å²) in [5.41, 5.74) is 1.51. The minimum absolute atomic E-state index is 0.0605. The van der Waals surface area contributed by atoms with Gasteiger partial charge in [-0.3, -0.25) is 4.79 Å². The Kier molecular flexibility index (Phi) is 3.70. The molecule has 1 N–H and O–H groups in total. The summed E-state index contributed by atoms with van der Waals surface area (Å²) in [6.07, 6.45) is 5.35. The number of anilines is 1. The summed E-state index contributed by atoms with van der Waals surface area (Å²) in [6.45, 7) is 1.56. The van der Waals surface area contributed by atoms with E-state index in [1.165, 1.54) is 0 Å². The third kappa shape index (κ3) is 2.86. The summed E-state index contributed by atoms with van der Waals surface area (Å²) in [5.74, 6) is 0.887. The summed E-state index contributed by atoms with van der Waals surface area (Å²) >= 11 is 0. The summed E-state index contributed by atoms with van der Waals surface area (Å²) in [7, 11) is 0. The molecule has 1 amide bonds. The Hall–Kier alpha value is -3.15. The van der Waals surface area contributed by atoms with Crippen LogP contribution in [0.5, 0.6) is 0 Å². The van der Waals surface area contributed by atoms with Gasteiger partial charge in [0.15, 0.2) is 0 Å². The number of aromatic nitrogens is 3. The van der Waals surface area contributed by atoms with E-state index >= 15 is 0 Å². The van der Waals surface area contributed by atoms with E-state index in [9.17, 15) is 4.79 Å². The second kappa shape index (κ2) is 6.16. The van der Waals surface area contributed by atoms with Crippen LogP contribution in [0.2, 0.25) is 0 Å². The highest BCUT2D eigenvalue weighted by Gasteiger charge is 2.29. The maximum absolute atomic E-state index is 12.4. The Labute approximate surface area is 139 Å². The monoisotopic (exact) mass is 319 g/mol. The molecule has 0 saturated carbocycles. The van der Waals surface area contributed by atoms with Crippen LogP contribution in [-0.4, -0.2) is 39.8 Å². The molecule has 0 unspecified atom stereocenters. The number of hydrogen-bond donors (Lipinski definition) is 1. The van der Waals surface area contributed by atoms with E-state index in [2.05, 4.69) is 20.3 Å². The largest absolute Gasteiger partial charge is 0.352 e. The minimum atomic E-state index is -0.0605. The fourth-order valence-corrected chi connectivity index (χ4v) is 2.78. The van der Waals surface area contributed by atoms with Gasteiger partial charge >= 0.3 is 0 Å². The third-order valence-corrected chi connectivity index (χ3v) is 4.07. The smallest absolute Gasteiger partial charge is 0.251 e. The van der Waals surface area contributed by atoms with Gasteiger partial charge in [0.05, 0.1) is 11.7 Å². The van der Waals surface area contributed by atoms with Crippen LogP contribution in [0.15, 0.2) is 67.1 Å². The van der Waals surface area contributed by atoms with Gasteiger partial charge in [-0.05, 0) is 36.4 Å². The fourth-order valence-electron chi connectivity index (χ4n) is 2.78. The van der Waals surface area contributed by atoms with Gasteiger partial charge in [0.1, 0.15) is 5.82 Å². The van der Waals surface area contributed by atoms with Gasteiger partial charge in [-0.1, -0.05) is 12.1 Å². The number of rotatable bonds is 4. The molecule has 1 aromatic carbocycles. The lowest BCUT2D eigenvalue weighted by Crippen LogP contribution is -2.59. The van der Waals surface area contributed by atoms with Gasteiger partial charge in [-0.15, -0.1) is 0 Å². The number of amides is 1. The average Bonchev–Trinajstić information content (AvgIpc) is 3.13. The van der Waals surface area contributed by atoms with Crippen molar-refractivity contribution in [1.29, 1.82) is 0 Å². The Bertz CT molecular complexity index is 826. The highest BCUT2D eigenvalue weighted by molar-refractivity contribution is 5.95. The van der Waals surface area contributed by atoms with Crippen molar-refractivity contribution >= 4 is 11.7 Å². The van der Waals surface area contributed by atoms with E-state index in [4.69, 9.17) is 0 Å². The van der Waals surface area contributed by atoms with Crippen LogP contribution in [0.1, 0.15) is 10.4 Å². The maximum atomic E-state index is 12.4. The zero-order valence-electron chi connectivity index (χ0n) is 13.0. The predicted octanol–water partition coefficient (Wildman–Crippen LogP) is 1.89. The highest BCUT2D eigenvalue weighted by atomic mass is 16.1. The van der Waals surface area contributed by atoms with Crippen molar-refractivity contribution < 1.29 is 4.79 Å². The molecule has 4 rings (SSSR count). The van der Waals surface area contributed by atoms with Crippen LogP contribution in [-0.2, 0) is 0 Å². The Balaban J connectivity index is 1.38.